The monoisotopic (exact) mass is 347 g/mol. The van der Waals surface area contributed by atoms with Gasteiger partial charge in [-0.25, -0.2) is 0 Å². The molecule has 2 amide bonds. The molecule has 4 atom stereocenters. The van der Waals surface area contributed by atoms with Crippen LogP contribution < -0.4 is 0 Å². The van der Waals surface area contributed by atoms with Gasteiger partial charge in [-0.2, -0.15) is 0 Å². The molecule has 3 aliphatic rings. The van der Waals surface area contributed by atoms with Gasteiger partial charge in [-0.05, 0) is 16.5 Å². The second-order valence-corrected chi connectivity index (χ2v) is 8.08. The summed E-state index contributed by atoms with van der Waals surface area (Å²) in [5, 5.41) is 2.01. The summed E-state index contributed by atoms with van der Waals surface area (Å²) in [5.41, 5.74) is 2.15. The Morgan fingerprint density at radius 1 is 0.960 bits per heavy atom. The van der Waals surface area contributed by atoms with Crippen LogP contribution in [0.1, 0.15) is 17.0 Å². The predicted octanol–water partition coefficient (Wildman–Crippen LogP) is 3.58. The van der Waals surface area contributed by atoms with Gasteiger partial charge in [0.1, 0.15) is 4.75 Å². The summed E-state index contributed by atoms with van der Waals surface area (Å²) in [6.45, 7) is 0.367. The highest BCUT2D eigenvalue weighted by Gasteiger charge is 2.75. The Bertz CT molecular complexity index is 879. The van der Waals surface area contributed by atoms with Crippen LogP contribution in [0.3, 0.4) is 0 Å². The predicted molar refractivity (Wildman–Crippen MR) is 97.6 cm³/mol. The maximum absolute atomic E-state index is 13.2. The summed E-state index contributed by atoms with van der Waals surface area (Å²) in [5.74, 6) is -0.0726. The molecule has 1 spiro atoms. The van der Waals surface area contributed by atoms with Crippen LogP contribution >= 0.6 is 11.8 Å². The number of carbonyl (C=O) groups excluding carboxylic acids is 2. The topological polar surface area (TPSA) is 37.4 Å². The van der Waals surface area contributed by atoms with Crippen LogP contribution in [-0.2, 0) is 16.1 Å². The Labute approximate surface area is 150 Å². The minimum atomic E-state index is -0.605. The first kappa shape index (κ1) is 15.0. The molecule has 1 saturated heterocycles. The lowest BCUT2D eigenvalue weighted by Crippen LogP contribution is -2.58. The van der Waals surface area contributed by atoms with Gasteiger partial charge >= 0.3 is 0 Å². The van der Waals surface area contributed by atoms with E-state index in [1.165, 1.54) is 4.90 Å². The average Bonchev–Trinajstić information content (AvgIpc) is 3.07. The largest absolute Gasteiger partial charge is 0.277 e. The standard InChI is InChI=1S/C21H17NO2S/c23-19-18-17(15-9-5-2-6-10-15)16-11-12-25-21(16,18)20(24)22(19)13-14-7-3-1-4-8-14/h1-12,16-18H,13H2. The van der Waals surface area contributed by atoms with Gasteiger partial charge in [0.05, 0.1) is 12.5 Å². The lowest BCUT2D eigenvalue weighted by Gasteiger charge is -2.50. The van der Waals surface area contributed by atoms with Crippen molar-refractivity contribution in [2.75, 3.05) is 0 Å². The number of allylic oxidation sites excluding steroid dienone is 1. The third-order valence-corrected chi connectivity index (χ3v) is 7.12. The zero-order chi connectivity index (χ0) is 17.0. The van der Waals surface area contributed by atoms with Crippen LogP contribution in [0.4, 0.5) is 0 Å². The second-order valence-electron chi connectivity index (χ2n) is 6.89. The highest BCUT2D eigenvalue weighted by atomic mass is 32.2. The van der Waals surface area contributed by atoms with Crippen LogP contribution in [0.15, 0.2) is 72.1 Å². The average molecular weight is 347 g/mol. The van der Waals surface area contributed by atoms with Gasteiger partial charge in [-0.1, -0.05) is 66.7 Å². The van der Waals surface area contributed by atoms with E-state index in [1.807, 2.05) is 53.9 Å². The molecule has 1 saturated carbocycles. The summed E-state index contributed by atoms with van der Waals surface area (Å²) >= 11 is 1.54. The number of amides is 2. The van der Waals surface area contributed by atoms with Crippen LogP contribution in [0, 0.1) is 11.8 Å². The maximum atomic E-state index is 13.2. The molecule has 2 aliphatic heterocycles. The van der Waals surface area contributed by atoms with Gasteiger partial charge in [-0.15, -0.1) is 11.8 Å². The molecule has 1 aliphatic carbocycles. The third-order valence-electron chi connectivity index (χ3n) is 5.73. The van der Waals surface area contributed by atoms with Crippen molar-refractivity contribution in [3.05, 3.63) is 83.3 Å². The molecule has 25 heavy (non-hydrogen) atoms. The summed E-state index contributed by atoms with van der Waals surface area (Å²) in [6.07, 6.45) is 2.12. The maximum Gasteiger partial charge on any atom is 0.247 e. The second kappa shape index (κ2) is 5.33. The molecule has 2 aromatic carbocycles. The van der Waals surface area contributed by atoms with Crippen LogP contribution in [0.25, 0.3) is 0 Å². The number of rotatable bonds is 3. The number of nitrogens with zero attached hydrogens (tertiary/aromatic N) is 1. The summed E-state index contributed by atoms with van der Waals surface area (Å²) in [4.78, 5) is 27.9. The quantitative estimate of drug-likeness (QED) is 0.797. The number of hydrogen-bond acceptors (Lipinski definition) is 3. The number of carbonyl (C=O) groups is 2. The van der Waals surface area contributed by atoms with Crippen molar-refractivity contribution >= 4 is 23.6 Å². The summed E-state index contributed by atoms with van der Waals surface area (Å²) in [6, 6.07) is 19.9. The first-order valence-electron chi connectivity index (χ1n) is 8.52. The molecule has 4 heteroatoms. The van der Waals surface area contributed by atoms with E-state index in [0.717, 1.165) is 11.1 Å². The number of imide groups is 1. The molecule has 0 aromatic heterocycles. The SMILES string of the molecule is O=C1C2C(c3ccccc3)C3C=CSC32C(=O)N1Cc1ccccc1. The van der Waals surface area contributed by atoms with Gasteiger partial charge in [0.15, 0.2) is 0 Å². The molecule has 0 bridgehead atoms. The van der Waals surface area contributed by atoms with Crippen molar-refractivity contribution in [2.24, 2.45) is 11.8 Å². The van der Waals surface area contributed by atoms with Gasteiger partial charge in [0.25, 0.3) is 0 Å². The Hall–Kier alpha value is -2.33. The minimum absolute atomic E-state index is 0.0152. The molecule has 5 rings (SSSR count). The van der Waals surface area contributed by atoms with Crippen LogP contribution in [-0.4, -0.2) is 21.5 Å². The molecule has 2 heterocycles. The Kier molecular flexibility index (Phi) is 3.19. The molecular weight excluding hydrogens is 330 g/mol. The fraction of sp³-hybridized carbons (Fsp3) is 0.238. The number of benzene rings is 2. The summed E-state index contributed by atoms with van der Waals surface area (Å²) in [7, 11) is 0. The van der Waals surface area contributed by atoms with Crippen LogP contribution in [0.5, 0.6) is 0 Å². The van der Waals surface area contributed by atoms with Crippen molar-refractivity contribution in [2.45, 2.75) is 17.2 Å². The Balaban J connectivity index is 1.52. The third kappa shape index (κ3) is 1.89. The lowest BCUT2D eigenvalue weighted by molar-refractivity contribution is -0.139. The van der Waals surface area contributed by atoms with Gasteiger partial charge in [-0.3, -0.25) is 14.5 Å². The van der Waals surface area contributed by atoms with Gasteiger partial charge in [0, 0.05) is 11.8 Å². The molecule has 4 unspecified atom stereocenters. The van der Waals surface area contributed by atoms with E-state index in [2.05, 4.69) is 18.2 Å². The van der Waals surface area contributed by atoms with E-state index in [9.17, 15) is 9.59 Å². The smallest absolute Gasteiger partial charge is 0.247 e. The molecule has 0 N–H and O–H groups in total. The molecule has 2 fully saturated rings. The number of likely N-dealkylation sites (tertiary alicyclic amines) is 1. The van der Waals surface area contributed by atoms with E-state index < -0.39 is 4.75 Å². The molecule has 2 aromatic rings. The van der Waals surface area contributed by atoms with Gasteiger partial charge < -0.3 is 0 Å². The minimum Gasteiger partial charge on any atom is -0.277 e. The zero-order valence-electron chi connectivity index (χ0n) is 13.5. The first-order valence-corrected chi connectivity index (χ1v) is 9.40. The van der Waals surface area contributed by atoms with Crippen LogP contribution in [0.2, 0.25) is 0 Å². The van der Waals surface area contributed by atoms with E-state index in [4.69, 9.17) is 0 Å². The van der Waals surface area contributed by atoms with E-state index >= 15 is 0 Å². The molecule has 124 valence electrons. The molecule has 0 radical (unpaired) electrons. The highest BCUT2D eigenvalue weighted by molar-refractivity contribution is 8.04. The summed E-state index contributed by atoms with van der Waals surface area (Å²) < 4.78 is -0.605. The number of hydrogen-bond donors (Lipinski definition) is 0. The highest BCUT2D eigenvalue weighted by Crippen LogP contribution is 2.69. The van der Waals surface area contributed by atoms with Crippen molar-refractivity contribution in [1.29, 1.82) is 0 Å². The normalized spacial score (nSPS) is 32.5. The van der Waals surface area contributed by atoms with Crippen molar-refractivity contribution in [3.63, 3.8) is 0 Å². The van der Waals surface area contributed by atoms with Gasteiger partial charge in [0.2, 0.25) is 11.8 Å². The van der Waals surface area contributed by atoms with Crippen molar-refractivity contribution in [1.82, 2.24) is 4.90 Å². The van der Waals surface area contributed by atoms with Crippen molar-refractivity contribution < 1.29 is 9.59 Å². The first-order chi connectivity index (χ1) is 12.2. The molecular formula is C21H17NO2S. The fourth-order valence-electron chi connectivity index (χ4n) is 4.61. The van der Waals surface area contributed by atoms with E-state index in [0.29, 0.717) is 6.54 Å². The van der Waals surface area contributed by atoms with Crippen molar-refractivity contribution in [3.8, 4) is 0 Å². The van der Waals surface area contributed by atoms with E-state index in [1.54, 1.807) is 11.8 Å². The zero-order valence-corrected chi connectivity index (χ0v) is 14.4. The fourth-order valence-corrected chi connectivity index (χ4v) is 6.07. The lowest BCUT2D eigenvalue weighted by atomic mass is 9.55. The molecule has 3 nitrogen and oxygen atoms in total. The Morgan fingerprint density at radius 3 is 2.36 bits per heavy atom. The number of thioether (sulfide) groups is 1. The van der Waals surface area contributed by atoms with E-state index in [-0.39, 0.29) is 29.6 Å². The Morgan fingerprint density at radius 2 is 1.64 bits per heavy atom.